The molecule has 1 aliphatic rings. The van der Waals surface area contributed by atoms with Crippen molar-refractivity contribution in [2.45, 2.75) is 17.9 Å². The highest BCUT2D eigenvalue weighted by Crippen LogP contribution is 2.46. The first kappa shape index (κ1) is 30.7. The average molecular weight is 641 g/mol. The van der Waals surface area contributed by atoms with Gasteiger partial charge in [-0.15, -0.1) is 0 Å². The highest BCUT2D eigenvalue weighted by atomic mass is 17.0. The fraction of sp³-hybridized carbons (Fsp3) is 0.100. The van der Waals surface area contributed by atoms with Crippen LogP contribution >= 0.6 is 0 Å². The van der Waals surface area contributed by atoms with Crippen molar-refractivity contribution in [2.75, 3.05) is 6.61 Å². The summed E-state index contributed by atoms with van der Waals surface area (Å²) in [7, 11) is 0. The Morgan fingerprint density at radius 2 is 0.562 bits per heavy atom. The normalized spacial score (nSPS) is 15.8. The molecule has 8 heteroatoms. The zero-order valence-corrected chi connectivity index (χ0v) is 25.8. The molecule has 6 aromatic rings. The predicted octanol–water partition coefficient (Wildman–Crippen LogP) is 8.47. The maximum atomic E-state index is 6.97. The quantitative estimate of drug-likeness (QED) is 0.123. The van der Waals surface area contributed by atoms with E-state index in [4.69, 9.17) is 37.9 Å². The molecule has 0 unspecified atom stereocenters. The molecule has 0 aliphatic carbocycles. The van der Waals surface area contributed by atoms with E-state index in [-0.39, 0.29) is 6.61 Å². The van der Waals surface area contributed by atoms with Gasteiger partial charge < -0.3 is 28.4 Å². The van der Waals surface area contributed by atoms with Crippen LogP contribution in [0.4, 0.5) is 0 Å². The van der Waals surface area contributed by atoms with Crippen molar-refractivity contribution in [1.82, 2.24) is 0 Å². The van der Waals surface area contributed by atoms with Crippen molar-refractivity contribution in [3.8, 4) is 34.5 Å². The first-order valence-corrected chi connectivity index (χ1v) is 15.4. The van der Waals surface area contributed by atoms with Gasteiger partial charge in [-0.25, -0.2) is 4.74 Å². The molecule has 1 fully saturated rings. The Kier molecular flexibility index (Phi) is 8.82. The number of benzene rings is 6. The SMILES string of the molecule is c1ccc(OC2(Oc3ccccc3)COC(Oc3ccccc3)(Oc3ccccc3)C(Oc3ccccc3)(Oc3ccccc3)O2)cc1. The third-order valence-electron chi connectivity index (χ3n) is 7.12. The van der Waals surface area contributed by atoms with Gasteiger partial charge in [-0.3, -0.25) is 4.74 Å². The highest BCUT2D eigenvalue weighted by molar-refractivity contribution is 5.29. The van der Waals surface area contributed by atoms with Crippen LogP contribution < -0.4 is 28.4 Å². The Morgan fingerprint density at radius 1 is 0.312 bits per heavy atom. The van der Waals surface area contributed by atoms with E-state index in [0.29, 0.717) is 34.5 Å². The Bertz CT molecular complexity index is 1720. The van der Waals surface area contributed by atoms with Crippen LogP contribution in [0.25, 0.3) is 0 Å². The van der Waals surface area contributed by atoms with Crippen molar-refractivity contribution in [2.24, 2.45) is 0 Å². The summed E-state index contributed by atoms with van der Waals surface area (Å²) in [5.41, 5.74) is 0. The zero-order valence-electron chi connectivity index (χ0n) is 25.8. The summed E-state index contributed by atoms with van der Waals surface area (Å²) in [6.45, 7) is -0.367. The molecular weight excluding hydrogens is 608 g/mol. The topological polar surface area (TPSA) is 73.8 Å². The molecule has 0 bridgehead atoms. The van der Waals surface area contributed by atoms with Crippen molar-refractivity contribution >= 4 is 0 Å². The molecule has 240 valence electrons. The lowest BCUT2D eigenvalue weighted by Gasteiger charge is -2.51. The molecule has 1 aliphatic heterocycles. The van der Waals surface area contributed by atoms with Crippen LogP contribution in [0.2, 0.25) is 0 Å². The van der Waals surface area contributed by atoms with E-state index < -0.39 is 17.9 Å². The van der Waals surface area contributed by atoms with Gasteiger partial charge in [-0.2, -0.15) is 0 Å². The van der Waals surface area contributed by atoms with Gasteiger partial charge in [-0.1, -0.05) is 109 Å². The summed E-state index contributed by atoms with van der Waals surface area (Å²) >= 11 is 0. The summed E-state index contributed by atoms with van der Waals surface area (Å²) in [5.74, 6) is -4.35. The lowest BCUT2D eigenvalue weighted by atomic mass is 10.2. The Hall–Kier alpha value is -5.96. The highest BCUT2D eigenvalue weighted by Gasteiger charge is 2.75. The van der Waals surface area contributed by atoms with Gasteiger partial charge in [-0.05, 0) is 72.8 Å². The lowest BCUT2D eigenvalue weighted by Crippen LogP contribution is -2.78. The van der Waals surface area contributed by atoms with Gasteiger partial charge in [0.05, 0.1) is 0 Å². The van der Waals surface area contributed by atoms with E-state index in [2.05, 4.69) is 0 Å². The largest absolute Gasteiger partial charge is 0.492 e. The molecule has 0 atom stereocenters. The van der Waals surface area contributed by atoms with Crippen LogP contribution in [0.5, 0.6) is 34.5 Å². The van der Waals surface area contributed by atoms with E-state index in [1.807, 2.05) is 109 Å². The first-order valence-electron chi connectivity index (χ1n) is 15.4. The second-order valence-electron chi connectivity index (χ2n) is 10.7. The van der Waals surface area contributed by atoms with Crippen LogP contribution in [0.15, 0.2) is 182 Å². The third kappa shape index (κ3) is 6.90. The average Bonchev–Trinajstić information content (AvgIpc) is 3.13. The summed E-state index contributed by atoms with van der Waals surface area (Å²) in [5, 5.41) is 0. The van der Waals surface area contributed by atoms with Crippen LogP contribution in [0, 0.1) is 0 Å². The Morgan fingerprint density at radius 3 is 0.854 bits per heavy atom. The van der Waals surface area contributed by atoms with Gasteiger partial charge in [0, 0.05) is 0 Å². The predicted molar refractivity (Wildman–Crippen MR) is 178 cm³/mol. The van der Waals surface area contributed by atoms with Crippen LogP contribution in [-0.4, -0.2) is 24.5 Å². The lowest BCUT2D eigenvalue weighted by molar-refractivity contribution is -0.580. The molecule has 0 radical (unpaired) electrons. The molecule has 6 aromatic carbocycles. The van der Waals surface area contributed by atoms with E-state index in [1.54, 1.807) is 72.8 Å². The molecule has 7 rings (SSSR count). The number of ether oxygens (including phenoxy) is 8. The van der Waals surface area contributed by atoms with E-state index in [0.717, 1.165) is 0 Å². The minimum Gasteiger partial charge on any atom is -0.428 e. The Balaban J connectivity index is 1.45. The maximum Gasteiger partial charge on any atom is 0.492 e. The second-order valence-corrected chi connectivity index (χ2v) is 10.7. The standard InChI is InChI=1S/C40H32O8/c1-7-19-32(20-8-1)42-38(43-33-21-9-2-10-22-33)31-41-39(44-34-23-11-3-12-24-34,45-35-25-13-4-14-26-35)40(48-38,46-36-27-15-5-16-28-36)47-37-29-17-6-18-30-37/h1-30H,31H2. The molecule has 0 aromatic heterocycles. The van der Waals surface area contributed by atoms with Crippen LogP contribution in [0.3, 0.4) is 0 Å². The molecule has 0 saturated carbocycles. The van der Waals surface area contributed by atoms with Gasteiger partial charge in [0.25, 0.3) is 0 Å². The van der Waals surface area contributed by atoms with E-state index in [9.17, 15) is 0 Å². The van der Waals surface area contributed by atoms with Gasteiger partial charge in [0.1, 0.15) is 34.5 Å². The minimum atomic E-state index is -2.41. The zero-order chi connectivity index (χ0) is 32.5. The van der Waals surface area contributed by atoms with Crippen molar-refractivity contribution in [3.63, 3.8) is 0 Å². The smallest absolute Gasteiger partial charge is 0.428 e. The fourth-order valence-electron chi connectivity index (χ4n) is 4.99. The number of hydrogen-bond acceptors (Lipinski definition) is 8. The van der Waals surface area contributed by atoms with E-state index >= 15 is 0 Å². The monoisotopic (exact) mass is 640 g/mol. The van der Waals surface area contributed by atoms with Crippen molar-refractivity contribution < 1.29 is 37.9 Å². The molecule has 1 saturated heterocycles. The number of rotatable bonds is 12. The summed E-state index contributed by atoms with van der Waals surface area (Å²) in [4.78, 5) is 0. The van der Waals surface area contributed by atoms with Gasteiger partial charge in [0.15, 0.2) is 6.61 Å². The second kappa shape index (κ2) is 13.8. The van der Waals surface area contributed by atoms with Gasteiger partial charge in [0.2, 0.25) is 0 Å². The fourth-order valence-corrected chi connectivity index (χ4v) is 4.99. The van der Waals surface area contributed by atoms with Crippen LogP contribution in [0.1, 0.15) is 0 Å². The minimum absolute atomic E-state index is 0.352. The third-order valence-corrected chi connectivity index (χ3v) is 7.12. The molecule has 0 amide bonds. The first-order chi connectivity index (χ1) is 23.6. The van der Waals surface area contributed by atoms with Crippen molar-refractivity contribution in [1.29, 1.82) is 0 Å². The number of para-hydroxylation sites is 6. The molecule has 1 heterocycles. The molecular formula is C40H32O8. The molecule has 0 spiro atoms. The molecule has 48 heavy (non-hydrogen) atoms. The summed E-state index contributed by atoms with van der Waals surface area (Å²) in [6, 6.07) is 54.3. The molecule has 8 nitrogen and oxygen atoms in total. The van der Waals surface area contributed by atoms with E-state index in [1.165, 1.54) is 0 Å². The number of hydrogen-bond donors (Lipinski definition) is 0. The Labute approximate surface area is 278 Å². The van der Waals surface area contributed by atoms with Crippen molar-refractivity contribution in [3.05, 3.63) is 182 Å². The molecule has 0 N–H and O–H groups in total. The summed E-state index contributed by atoms with van der Waals surface area (Å²) < 4.78 is 53.6. The maximum absolute atomic E-state index is 6.97. The summed E-state index contributed by atoms with van der Waals surface area (Å²) in [6.07, 6.45) is 0. The van der Waals surface area contributed by atoms with Gasteiger partial charge >= 0.3 is 17.9 Å². The van der Waals surface area contributed by atoms with Crippen LogP contribution in [-0.2, 0) is 9.47 Å².